The Hall–Kier alpha value is -3.55. The number of likely N-dealkylation sites (tertiary alicyclic amines) is 1. The van der Waals surface area contributed by atoms with Gasteiger partial charge in [-0.3, -0.25) is 19.4 Å². The number of hydrogen-bond donors (Lipinski definition) is 4. The van der Waals surface area contributed by atoms with Crippen LogP contribution in [0.2, 0.25) is 0 Å². The van der Waals surface area contributed by atoms with Crippen molar-refractivity contribution in [3.05, 3.63) is 51.6 Å². The number of aromatic hydroxyl groups is 2. The van der Waals surface area contributed by atoms with Gasteiger partial charge in [-0.15, -0.1) is 12.4 Å². The zero-order chi connectivity index (χ0) is 31.5. The number of benzene rings is 2. The average molecular weight is 645 g/mol. The highest BCUT2D eigenvalue weighted by Crippen LogP contribution is 2.52. The highest BCUT2D eigenvalue weighted by atomic mass is 35.5. The molecule has 12 nitrogen and oxygen atoms in total. The summed E-state index contributed by atoms with van der Waals surface area (Å²) in [5, 5.41) is 45.4. The predicted octanol–water partition coefficient (Wildman–Crippen LogP) is 2.62. The van der Waals surface area contributed by atoms with E-state index in [9.17, 15) is 34.8 Å². The molecule has 0 saturated carbocycles. The van der Waals surface area contributed by atoms with Gasteiger partial charge < -0.3 is 39.5 Å². The first-order chi connectivity index (χ1) is 20.9. The lowest BCUT2D eigenvalue weighted by atomic mass is 9.72. The Labute approximate surface area is 266 Å². The lowest BCUT2D eigenvalue weighted by Crippen LogP contribution is -2.49. The van der Waals surface area contributed by atoms with Gasteiger partial charge in [-0.05, 0) is 32.8 Å². The van der Waals surface area contributed by atoms with Gasteiger partial charge in [0.2, 0.25) is 5.78 Å². The Morgan fingerprint density at radius 3 is 2.47 bits per heavy atom. The monoisotopic (exact) mass is 644 g/mol. The van der Waals surface area contributed by atoms with Crippen molar-refractivity contribution in [1.29, 1.82) is 0 Å². The summed E-state index contributed by atoms with van der Waals surface area (Å²) in [6.45, 7) is 4.64. The van der Waals surface area contributed by atoms with Crippen molar-refractivity contribution >= 4 is 36.1 Å². The first kappa shape index (κ1) is 32.8. The number of halogens is 1. The molecule has 4 unspecified atom stereocenters. The van der Waals surface area contributed by atoms with Crippen molar-refractivity contribution in [2.24, 2.45) is 4.99 Å². The molecule has 0 spiro atoms. The Balaban J connectivity index is 0.00000400. The summed E-state index contributed by atoms with van der Waals surface area (Å²) in [5.41, 5.74) is -2.99. The quantitative estimate of drug-likeness (QED) is 0.176. The van der Waals surface area contributed by atoms with Gasteiger partial charge in [-0.1, -0.05) is 12.1 Å². The summed E-state index contributed by atoms with van der Waals surface area (Å²) < 4.78 is 17.6. The van der Waals surface area contributed by atoms with Crippen molar-refractivity contribution in [3.8, 4) is 17.2 Å². The predicted molar refractivity (Wildman–Crippen MR) is 163 cm³/mol. The molecule has 6 atom stereocenters. The van der Waals surface area contributed by atoms with Crippen LogP contribution in [0.3, 0.4) is 0 Å². The zero-order valence-corrected chi connectivity index (χ0v) is 26.0. The molecule has 0 aromatic heterocycles. The minimum Gasteiger partial charge on any atom is -0.507 e. The molecule has 2 saturated heterocycles. The number of methoxy groups -OCH3 is 1. The van der Waals surface area contributed by atoms with Crippen LogP contribution in [-0.2, 0) is 20.7 Å². The van der Waals surface area contributed by atoms with Crippen LogP contribution in [0, 0.1) is 0 Å². The molecule has 0 amide bonds. The van der Waals surface area contributed by atoms with E-state index in [4.69, 9.17) is 14.2 Å². The Bertz CT molecular complexity index is 1570. The second-order valence-corrected chi connectivity index (χ2v) is 12.0. The molecule has 4 aliphatic rings. The van der Waals surface area contributed by atoms with E-state index < -0.39 is 82.6 Å². The van der Waals surface area contributed by atoms with Gasteiger partial charge in [0.15, 0.2) is 17.9 Å². The lowest BCUT2D eigenvalue weighted by Gasteiger charge is -2.42. The number of Topliss-reactive ketones (excluding diaryl/α,β-unsaturated/α-hetero) is 1. The first-order valence-electron chi connectivity index (χ1n) is 14.8. The Morgan fingerprint density at radius 1 is 1.11 bits per heavy atom. The average Bonchev–Trinajstić information content (AvgIpc) is 3.52. The molecule has 6 rings (SSSR count). The third-order valence-corrected chi connectivity index (χ3v) is 9.28. The third kappa shape index (κ3) is 5.48. The third-order valence-electron chi connectivity index (χ3n) is 9.28. The molecule has 13 heteroatoms. The number of ketones is 3. The standard InChI is InChI=1S/C32H36N2O10.ClH/c1-15-27(36)19(33-14-34-9-4-5-10-34)11-22(43-15)44-21-13-32(41,16(2)35)12-18-24(21)31(40)26-25(29(18)38)28(37)17-7-6-8-20(42-3)23(17)30(26)39;/h6-8,14-15,19,21-22,27,36,38,40-41H,4-5,9-13H2,1-3H3;1H/t15?,19-,21+,22?,27?,32?;/m1./s1. The van der Waals surface area contributed by atoms with E-state index in [0.29, 0.717) is 0 Å². The van der Waals surface area contributed by atoms with Crippen LogP contribution in [-0.4, -0.2) is 99.4 Å². The summed E-state index contributed by atoms with van der Waals surface area (Å²) in [6, 6.07) is 3.90. The number of carbonyl (C=O) groups is 3. The molecule has 2 fully saturated rings. The number of aliphatic hydroxyl groups is 2. The fraction of sp³-hybridized carbons (Fsp3) is 0.500. The number of fused-ring (bicyclic) bond motifs is 3. The summed E-state index contributed by atoms with van der Waals surface area (Å²) in [4.78, 5) is 46.8. The van der Waals surface area contributed by atoms with Crippen LogP contribution >= 0.6 is 12.4 Å². The van der Waals surface area contributed by atoms with E-state index >= 15 is 0 Å². The van der Waals surface area contributed by atoms with Crippen LogP contribution in [0.25, 0.3) is 0 Å². The molecule has 2 aliphatic carbocycles. The molecular weight excluding hydrogens is 608 g/mol. The minimum absolute atomic E-state index is 0. The summed E-state index contributed by atoms with van der Waals surface area (Å²) in [6.07, 6.45) is -0.567. The smallest absolute Gasteiger partial charge is 0.202 e. The maximum absolute atomic E-state index is 13.8. The maximum atomic E-state index is 13.8. The molecule has 0 bridgehead atoms. The van der Waals surface area contributed by atoms with E-state index in [1.54, 1.807) is 13.3 Å². The normalized spacial score (nSPS) is 29.2. The van der Waals surface area contributed by atoms with Crippen molar-refractivity contribution in [1.82, 2.24) is 4.90 Å². The van der Waals surface area contributed by atoms with E-state index in [-0.39, 0.29) is 53.3 Å². The topological polar surface area (TPSA) is 175 Å². The highest BCUT2D eigenvalue weighted by molar-refractivity contribution is 6.31. The second kappa shape index (κ2) is 12.3. The molecule has 2 aromatic carbocycles. The number of aliphatic imine (C=N–C) groups is 1. The largest absolute Gasteiger partial charge is 0.507 e. The first-order valence-corrected chi connectivity index (χ1v) is 14.8. The summed E-state index contributed by atoms with van der Waals surface area (Å²) >= 11 is 0. The number of nitrogens with zero attached hydrogens (tertiary/aromatic N) is 2. The zero-order valence-electron chi connectivity index (χ0n) is 25.2. The van der Waals surface area contributed by atoms with Crippen molar-refractivity contribution in [2.75, 3.05) is 20.2 Å². The Kier molecular flexibility index (Phi) is 9.00. The van der Waals surface area contributed by atoms with Crippen LogP contribution in [0.1, 0.15) is 88.6 Å². The van der Waals surface area contributed by atoms with Crippen LogP contribution in [0.15, 0.2) is 23.2 Å². The van der Waals surface area contributed by atoms with E-state index in [1.165, 1.54) is 32.2 Å². The molecule has 2 aliphatic heterocycles. The van der Waals surface area contributed by atoms with Gasteiger partial charge in [0.1, 0.15) is 29.0 Å². The molecule has 4 N–H and O–H groups in total. The van der Waals surface area contributed by atoms with Gasteiger partial charge in [-0.25, -0.2) is 0 Å². The number of ether oxygens (including phenoxy) is 3. The molecule has 0 radical (unpaired) electrons. The van der Waals surface area contributed by atoms with Crippen molar-refractivity contribution in [3.63, 3.8) is 0 Å². The number of rotatable bonds is 6. The molecule has 2 aromatic rings. The van der Waals surface area contributed by atoms with E-state index in [0.717, 1.165) is 25.9 Å². The van der Waals surface area contributed by atoms with Crippen molar-refractivity contribution < 1.29 is 49.0 Å². The minimum atomic E-state index is -2.01. The summed E-state index contributed by atoms with van der Waals surface area (Å²) in [7, 11) is 1.35. The van der Waals surface area contributed by atoms with E-state index in [1.807, 2.05) is 0 Å². The number of phenols is 2. The van der Waals surface area contributed by atoms with Crippen LogP contribution in [0.4, 0.5) is 0 Å². The fourth-order valence-corrected chi connectivity index (χ4v) is 6.78. The SMILES string of the molecule is COc1cccc2c1C(=O)c1c(O)c3c(c(O)c1C2=O)CC(O)(C(C)=O)C[C@@H]3OC1C[C@@H](N=CN2CCCC2)C(O)C(C)O1.Cl. The molecule has 242 valence electrons. The lowest BCUT2D eigenvalue weighted by molar-refractivity contribution is -0.246. The summed E-state index contributed by atoms with van der Waals surface area (Å²) in [5.74, 6) is -3.12. The fourth-order valence-electron chi connectivity index (χ4n) is 6.78. The van der Waals surface area contributed by atoms with Gasteiger partial charge in [-0.2, -0.15) is 0 Å². The van der Waals surface area contributed by atoms with Gasteiger partial charge in [0.25, 0.3) is 0 Å². The van der Waals surface area contributed by atoms with E-state index in [2.05, 4.69) is 9.89 Å². The second-order valence-electron chi connectivity index (χ2n) is 12.0. The van der Waals surface area contributed by atoms with Gasteiger partial charge in [0, 0.05) is 49.0 Å². The molecule has 2 heterocycles. The maximum Gasteiger partial charge on any atom is 0.202 e. The Morgan fingerprint density at radius 2 is 1.80 bits per heavy atom. The van der Waals surface area contributed by atoms with Gasteiger partial charge >= 0.3 is 0 Å². The highest BCUT2D eigenvalue weighted by Gasteiger charge is 2.49. The van der Waals surface area contributed by atoms with Gasteiger partial charge in [0.05, 0.1) is 48.4 Å². The van der Waals surface area contributed by atoms with Crippen LogP contribution < -0.4 is 4.74 Å². The van der Waals surface area contributed by atoms with Crippen molar-refractivity contribution in [2.45, 2.75) is 82.2 Å². The number of hydrogen-bond acceptors (Lipinski definition) is 11. The molecule has 45 heavy (non-hydrogen) atoms. The number of carbonyl (C=O) groups excluding carboxylic acids is 3. The molecular formula is C32H37ClN2O10. The number of aliphatic hydroxyl groups excluding tert-OH is 1. The number of phenolic OH excluding ortho intramolecular Hbond substituents is 2. The van der Waals surface area contributed by atoms with Crippen LogP contribution in [0.5, 0.6) is 17.2 Å².